The summed E-state index contributed by atoms with van der Waals surface area (Å²) in [6.07, 6.45) is 4.57. The molecule has 2 heteroatoms. The minimum atomic E-state index is 0.110. The SMILES string of the molecule is CCC(=CC(=O)c1ccc2c(c1)CCO2)CC. The van der Waals surface area contributed by atoms with Gasteiger partial charge in [0.25, 0.3) is 0 Å². The minimum absolute atomic E-state index is 0.110. The van der Waals surface area contributed by atoms with Crippen molar-refractivity contribution in [2.75, 3.05) is 6.61 Å². The topological polar surface area (TPSA) is 26.3 Å². The number of rotatable bonds is 4. The molecule has 2 nitrogen and oxygen atoms in total. The molecule has 0 N–H and O–H groups in total. The van der Waals surface area contributed by atoms with E-state index in [1.54, 1.807) is 6.08 Å². The first-order valence-corrected chi connectivity index (χ1v) is 6.24. The van der Waals surface area contributed by atoms with Crippen LogP contribution in [0.3, 0.4) is 0 Å². The van der Waals surface area contributed by atoms with Crippen molar-refractivity contribution in [3.05, 3.63) is 41.0 Å². The van der Waals surface area contributed by atoms with Crippen molar-refractivity contribution in [3.63, 3.8) is 0 Å². The fourth-order valence-corrected chi connectivity index (χ4v) is 2.06. The van der Waals surface area contributed by atoms with E-state index in [-0.39, 0.29) is 5.78 Å². The van der Waals surface area contributed by atoms with Crippen LogP contribution in [0.2, 0.25) is 0 Å². The van der Waals surface area contributed by atoms with E-state index in [1.807, 2.05) is 18.2 Å². The van der Waals surface area contributed by atoms with Gasteiger partial charge in [-0.15, -0.1) is 0 Å². The highest BCUT2D eigenvalue weighted by atomic mass is 16.5. The largest absolute Gasteiger partial charge is 0.493 e. The third kappa shape index (κ3) is 2.57. The van der Waals surface area contributed by atoms with Crippen LogP contribution in [0, 0.1) is 0 Å². The van der Waals surface area contributed by atoms with E-state index in [1.165, 1.54) is 5.57 Å². The van der Waals surface area contributed by atoms with Crippen LogP contribution < -0.4 is 4.74 Å². The van der Waals surface area contributed by atoms with Crippen LogP contribution >= 0.6 is 0 Å². The molecule has 90 valence electrons. The second kappa shape index (κ2) is 5.17. The molecule has 0 fully saturated rings. The van der Waals surface area contributed by atoms with E-state index in [0.717, 1.165) is 42.7 Å². The molecule has 17 heavy (non-hydrogen) atoms. The summed E-state index contributed by atoms with van der Waals surface area (Å²) in [5.74, 6) is 1.04. The van der Waals surface area contributed by atoms with Crippen molar-refractivity contribution in [2.45, 2.75) is 33.1 Å². The number of allylic oxidation sites excluding steroid dienone is 2. The van der Waals surface area contributed by atoms with Gasteiger partial charge in [-0.1, -0.05) is 19.4 Å². The maximum atomic E-state index is 12.1. The zero-order valence-electron chi connectivity index (χ0n) is 10.5. The van der Waals surface area contributed by atoms with Gasteiger partial charge in [-0.05, 0) is 42.7 Å². The first-order chi connectivity index (χ1) is 8.24. The van der Waals surface area contributed by atoms with Gasteiger partial charge in [0.15, 0.2) is 5.78 Å². The van der Waals surface area contributed by atoms with E-state index in [0.29, 0.717) is 0 Å². The summed E-state index contributed by atoms with van der Waals surface area (Å²) < 4.78 is 5.43. The maximum absolute atomic E-state index is 12.1. The molecule has 1 aliphatic rings. The smallest absolute Gasteiger partial charge is 0.185 e. The Morgan fingerprint density at radius 3 is 2.82 bits per heavy atom. The molecular formula is C15H18O2. The Morgan fingerprint density at radius 1 is 1.35 bits per heavy atom. The zero-order chi connectivity index (χ0) is 12.3. The van der Waals surface area contributed by atoms with Crippen LogP contribution in [-0.2, 0) is 6.42 Å². The van der Waals surface area contributed by atoms with E-state index in [4.69, 9.17) is 4.74 Å². The third-order valence-electron chi connectivity index (χ3n) is 3.22. The molecular weight excluding hydrogens is 212 g/mol. The lowest BCUT2D eigenvalue weighted by Crippen LogP contribution is -1.97. The van der Waals surface area contributed by atoms with Gasteiger partial charge in [-0.3, -0.25) is 4.79 Å². The number of hydrogen-bond acceptors (Lipinski definition) is 2. The number of carbonyl (C=O) groups is 1. The lowest BCUT2D eigenvalue weighted by atomic mass is 10.0. The van der Waals surface area contributed by atoms with Gasteiger partial charge in [0, 0.05) is 12.0 Å². The third-order valence-corrected chi connectivity index (χ3v) is 3.22. The minimum Gasteiger partial charge on any atom is -0.493 e. The monoisotopic (exact) mass is 230 g/mol. The maximum Gasteiger partial charge on any atom is 0.185 e. The Balaban J connectivity index is 2.23. The first-order valence-electron chi connectivity index (χ1n) is 6.24. The summed E-state index contributed by atoms with van der Waals surface area (Å²) in [7, 11) is 0. The van der Waals surface area contributed by atoms with Crippen LogP contribution in [0.15, 0.2) is 29.8 Å². The van der Waals surface area contributed by atoms with Gasteiger partial charge < -0.3 is 4.74 Å². The van der Waals surface area contributed by atoms with Gasteiger partial charge in [0.1, 0.15) is 5.75 Å². The van der Waals surface area contributed by atoms with Crippen molar-refractivity contribution in [3.8, 4) is 5.75 Å². The standard InChI is InChI=1S/C15H18O2/c1-3-11(4-2)9-14(16)12-5-6-15-13(10-12)7-8-17-15/h5-6,9-10H,3-4,7-8H2,1-2H3. The highest BCUT2D eigenvalue weighted by Gasteiger charge is 2.14. The van der Waals surface area contributed by atoms with Gasteiger partial charge >= 0.3 is 0 Å². The highest BCUT2D eigenvalue weighted by molar-refractivity contribution is 6.05. The van der Waals surface area contributed by atoms with Gasteiger partial charge in [0.05, 0.1) is 6.61 Å². The number of carbonyl (C=O) groups excluding carboxylic acids is 1. The average molecular weight is 230 g/mol. The molecule has 0 atom stereocenters. The molecule has 0 saturated heterocycles. The molecule has 0 amide bonds. The molecule has 1 aliphatic heterocycles. The Morgan fingerprint density at radius 2 is 2.12 bits per heavy atom. The predicted molar refractivity (Wildman–Crippen MR) is 68.6 cm³/mol. The van der Waals surface area contributed by atoms with Crippen LogP contribution in [0.1, 0.15) is 42.6 Å². The van der Waals surface area contributed by atoms with Gasteiger partial charge in [-0.25, -0.2) is 0 Å². The van der Waals surface area contributed by atoms with E-state index in [2.05, 4.69) is 13.8 Å². The summed E-state index contributed by atoms with van der Waals surface area (Å²) in [5.41, 5.74) is 3.12. The van der Waals surface area contributed by atoms with Gasteiger partial charge in [0.2, 0.25) is 0 Å². The van der Waals surface area contributed by atoms with E-state index < -0.39 is 0 Å². The molecule has 0 spiro atoms. The Labute approximate surface area is 102 Å². The second-order valence-electron chi connectivity index (χ2n) is 4.29. The molecule has 1 heterocycles. The van der Waals surface area contributed by atoms with Crippen molar-refractivity contribution < 1.29 is 9.53 Å². The fraction of sp³-hybridized carbons (Fsp3) is 0.400. The average Bonchev–Trinajstić information content (AvgIpc) is 2.82. The fourth-order valence-electron chi connectivity index (χ4n) is 2.06. The number of benzene rings is 1. The number of ether oxygens (including phenoxy) is 1. The lowest BCUT2D eigenvalue weighted by molar-refractivity contribution is 0.104. The molecule has 2 rings (SSSR count). The molecule has 0 radical (unpaired) electrons. The van der Waals surface area contributed by atoms with Crippen LogP contribution in [0.4, 0.5) is 0 Å². The van der Waals surface area contributed by atoms with Crippen LogP contribution in [0.25, 0.3) is 0 Å². The molecule has 0 bridgehead atoms. The van der Waals surface area contributed by atoms with Gasteiger partial charge in [-0.2, -0.15) is 0 Å². The lowest BCUT2D eigenvalue weighted by Gasteiger charge is -2.03. The second-order valence-corrected chi connectivity index (χ2v) is 4.29. The van der Waals surface area contributed by atoms with Crippen molar-refractivity contribution >= 4 is 5.78 Å². The Bertz CT molecular complexity index is 452. The Kier molecular flexibility index (Phi) is 3.62. The number of hydrogen-bond donors (Lipinski definition) is 0. The Hall–Kier alpha value is -1.57. The van der Waals surface area contributed by atoms with E-state index in [9.17, 15) is 4.79 Å². The van der Waals surface area contributed by atoms with Crippen molar-refractivity contribution in [1.29, 1.82) is 0 Å². The summed E-state index contributed by atoms with van der Waals surface area (Å²) >= 11 is 0. The van der Waals surface area contributed by atoms with Crippen molar-refractivity contribution in [1.82, 2.24) is 0 Å². The molecule has 0 aromatic heterocycles. The van der Waals surface area contributed by atoms with Crippen molar-refractivity contribution in [2.24, 2.45) is 0 Å². The first kappa shape index (κ1) is 11.9. The summed E-state index contributed by atoms with van der Waals surface area (Å²) in [4.78, 5) is 12.1. The summed E-state index contributed by atoms with van der Waals surface area (Å²) in [6, 6.07) is 5.72. The molecule has 1 aromatic rings. The quantitative estimate of drug-likeness (QED) is 0.584. The van der Waals surface area contributed by atoms with Crippen LogP contribution in [0.5, 0.6) is 5.75 Å². The summed E-state index contributed by atoms with van der Waals surface area (Å²) in [6.45, 7) is 4.90. The number of fused-ring (bicyclic) bond motifs is 1. The molecule has 0 aliphatic carbocycles. The predicted octanol–water partition coefficient (Wildman–Crippen LogP) is 3.55. The number of ketones is 1. The summed E-state index contributed by atoms with van der Waals surface area (Å²) in [5, 5.41) is 0. The molecule has 0 saturated carbocycles. The normalized spacial score (nSPS) is 12.8. The zero-order valence-corrected chi connectivity index (χ0v) is 10.5. The van der Waals surface area contributed by atoms with Crippen LogP contribution in [-0.4, -0.2) is 12.4 Å². The molecule has 0 unspecified atom stereocenters. The van der Waals surface area contributed by atoms with E-state index >= 15 is 0 Å². The molecule has 1 aromatic carbocycles. The highest BCUT2D eigenvalue weighted by Crippen LogP contribution is 2.26.